The van der Waals surface area contributed by atoms with Crippen molar-refractivity contribution in [3.05, 3.63) is 53.9 Å². The normalized spacial score (nSPS) is 17.5. The first-order chi connectivity index (χ1) is 17.4. The molecule has 10 heteroatoms. The third kappa shape index (κ3) is 4.55. The topological polar surface area (TPSA) is 112 Å². The van der Waals surface area contributed by atoms with Crippen LogP contribution in [0.1, 0.15) is 32.7 Å². The number of hydrogen-bond acceptors (Lipinski definition) is 7. The Kier molecular flexibility index (Phi) is 6.44. The van der Waals surface area contributed by atoms with Gasteiger partial charge in [0, 0.05) is 30.4 Å². The van der Waals surface area contributed by atoms with Crippen LogP contribution in [-0.2, 0) is 4.79 Å². The van der Waals surface area contributed by atoms with Crippen molar-refractivity contribution in [2.75, 3.05) is 12.3 Å². The molecule has 0 aliphatic carbocycles. The summed E-state index contributed by atoms with van der Waals surface area (Å²) in [5.74, 6) is 6.60. The minimum absolute atomic E-state index is 0.0621. The highest BCUT2D eigenvalue weighted by Gasteiger charge is 2.32. The summed E-state index contributed by atoms with van der Waals surface area (Å²) in [7, 11) is 0. The Morgan fingerprint density at radius 3 is 2.67 bits per heavy atom. The number of fused-ring (bicyclic) bond motifs is 1. The Hall–Kier alpha value is -4.16. The van der Waals surface area contributed by atoms with Crippen LogP contribution < -0.4 is 10.5 Å². The second kappa shape index (κ2) is 9.84. The average Bonchev–Trinajstić information content (AvgIpc) is 3.27. The van der Waals surface area contributed by atoms with Gasteiger partial charge in [-0.3, -0.25) is 4.79 Å². The Morgan fingerprint density at radius 1 is 1.14 bits per heavy atom. The molecule has 1 fully saturated rings. The number of pyridine rings is 1. The van der Waals surface area contributed by atoms with Crippen LogP contribution in [-0.4, -0.2) is 48.1 Å². The minimum Gasteiger partial charge on any atom is -0.439 e. The van der Waals surface area contributed by atoms with Crippen LogP contribution in [0.15, 0.2) is 48.9 Å². The molecule has 1 aliphatic heterocycles. The zero-order valence-electron chi connectivity index (χ0n) is 19.8. The van der Waals surface area contributed by atoms with E-state index in [4.69, 9.17) is 27.2 Å². The summed E-state index contributed by atoms with van der Waals surface area (Å²) < 4.78 is 7.68. The van der Waals surface area contributed by atoms with E-state index in [1.54, 1.807) is 24.0 Å². The summed E-state index contributed by atoms with van der Waals surface area (Å²) in [6.07, 6.45) is 4.66. The maximum absolute atomic E-state index is 12.6. The predicted octanol–water partition coefficient (Wildman–Crippen LogP) is 4.49. The van der Waals surface area contributed by atoms with E-state index in [0.29, 0.717) is 45.7 Å². The van der Waals surface area contributed by atoms with Gasteiger partial charge in [0.05, 0.1) is 16.5 Å². The molecule has 0 spiro atoms. The van der Waals surface area contributed by atoms with Gasteiger partial charge in [-0.1, -0.05) is 17.5 Å². The smallest absolute Gasteiger partial charge is 0.298 e. The fourth-order valence-electron chi connectivity index (χ4n) is 4.43. The van der Waals surface area contributed by atoms with Gasteiger partial charge in [-0.15, -0.1) is 0 Å². The zero-order chi connectivity index (χ0) is 25.2. The van der Waals surface area contributed by atoms with Crippen LogP contribution in [0, 0.1) is 11.8 Å². The molecule has 4 aromatic rings. The van der Waals surface area contributed by atoms with E-state index in [2.05, 4.69) is 26.8 Å². The van der Waals surface area contributed by atoms with Crippen LogP contribution in [0.4, 0.5) is 5.82 Å². The Balaban J connectivity index is 1.48. The van der Waals surface area contributed by atoms with Crippen LogP contribution in [0.25, 0.3) is 22.3 Å². The number of benzene rings is 1. The number of halogens is 1. The van der Waals surface area contributed by atoms with Gasteiger partial charge in [0.2, 0.25) is 5.88 Å². The molecule has 182 valence electrons. The van der Waals surface area contributed by atoms with Crippen molar-refractivity contribution >= 4 is 34.4 Å². The van der Waals surface area contributed by atoms with E-state index in [0.717, 1.165) is 18.4 Å². The van der Waals surface area contributed by atoms with Gasteiger partial charge >= 0.3 is 0 Å². The number of ether oxygens (including phenoxy) is 1. The summed E-state index contributed by atoms with van der Waals surface area (Å²) in [6, 6.07) is 10.9. The molecule has 1 aromatic carbocycles. The lowest BCUT2D eigenvalue weighted by atomic mass is 9.99. The Labute approximate surface area is 213 Å². The molecule has 9 nitrogen and oxygen atoms in total. The third-order valence-corrected chi connectivity index (χ3v) is 6.49. The van der Waals surface area contributed by atoms with E-state index < -0.39 is 0 Å². The van der Waals surface area contributed by atoms with E-state index >= 15 is 0 Å². The minimum atomic E-state index is -0.175. The summed E-state index contributed by atoms with van der Waals surface area (Å²) >= 11 is 5.89. The molecule has 2 atom stereocenters. The molecule has 0 saturated carbocycles. The summed E-state index contributed by atoms with van der Waals surface area (Å²) in [4.78, 5) is 27.2. The number of hydrogen-bond donors (Lipinski definition) is 1. The lowest BCUT2D eigenvalue weighted by molar-refractivity contribution is -0.129. The maximum Gasteiger partial charge on any atom is 0.298 e. The summed E-state index contributed by atoms with van der Waals surface area (Å²) in [5.41, 5.74) is 8.43. The van der Waals surface area contributed by atoms with E-state index in [-0.39, 0.29) is 18.0 Å². The van der Waals surface area contributed by atoms with Crippen LogP contribution in [0.2, 0.25) is 5.02 Å². The third-order valence-electron chi connectivity index (χ3n) is 6.26. The van der Waals surface area contributed by atoms with Crippen molar-refractivity contribution in [2.24, 2.45) is 0 Å². The van der Waals surface area contributed by atoms with Crippen LogP contribution in [0.5, 0.6) is 11.6 Å². The highest BCUT2D eigenvalue weighted by molar-refractivity contribution is 6.30. The molecule has 0 bridgehead atoms. The standard InChI is InChI=1S/C26H24ClN7O2/c1-3-4-22(35)33-14-19(9-5-16(33)2)34-26-23(25(28)30-15-31-26)24(32-34)17-6-10-20(11-7-17)36-21-12-8-18(27)13-29-21/h6-8,10-13,15-16,19H,5,9,14H2,1-2H3,(H2,28,30,31)/t16-,19+/m1/s1. The van der Waals surface area contributed by atoms with Crippen LogP contribution in [0.3, 0.4) is 0 Å². The molecule has 1 saturated heterocycles. The van der Waals surface area contributed by atoms with Crippen molar-refractivity contribution in [3.8, 4) is 34.7 Å². The van der Waals surface area contributed by atoms with Crippen molar-refractivity contribution in [1.82, 2.24) is 29.6 Å². The number of anilines is 1. The largest absolute Gasteiger partial charge is 0.439 e. The molecular weight excluding hydrogens is 478 g/mol. The lowest BCUT2D eigenvalue weighted by Gasteiger charge is -2.37. The number of nitrogen functional groups attached to an aromatic ring is 1. The number of carbonyl (C=O) groups excluding carboxylic acids is 1. The molecule has 1 amide bonds. The van der Waals surface area contributed by atoms with Crippen molar-refractivity contribution in [2.45, 2.75) is 38.8 Å². The van der Waals surface area contributed by atoms with Gasteiger partial charge in [-0.05, 0) is 62.9 Å². The lowest BCUT2D eigenvalue weighted by Crippen LogP contribution is -2.45. The Bertz CT molecular complexity index is 1470. The van der Waals surface area contributed by atoms with E-state index in [9.17, 15) is 4.79 Å². The quantitative estimate of drug-likeness (QED) is 0.410. The highest BCUT2D eigenvalue weighted by Crippen LogP contribution is 2.35. The molecule has 2 N–H and O–H groups in total. The van der Waals surface area contributed by atoms with Gasteiger partial charge in [0.25, 0.3) is 5.91 Å². The average molecular weight is 502 g/mol. The number of nitrogens with zero attached hydrogens (tertiary/aromatic N) is 6. The van der Waals surface area contributed by atoms with E-state index in [1.165, 1.54) is 12.5 Å². The highest BCUT2D eigenvalue weighted by atomic mass is 35.5. The number of piperidine rings is 1. The summed E-state index contributed by atoms with van der Waals surface area (Å²) in [6.45, 7) is 4.20. The molecular formula is C26H24ClN7O2. The van der Waals surface area contributed by atoms with Gasteiger partial charge < -0.3 is 15.4 Å². The molecule has 1 aliphatic rings. The first kappa shape index (κ1) is 23.6. The number of likely N-dealkylation sites (tertiary alicyclic amines) is 1. The predicted molar refractivity (Wildman–Crippen MR) is 137 cm³/mol. The van der Waals surface area contributed by atoms with Gasteiger partial charge in [-0.25, -0.2) is 19.6 Å². The van der Waals surface area contributed by atoms with Gasteiger partial charge in [0.1, 0.15) is 23.6 Å². The fraction of sp³-hybridized carbons (Fsp3) is 0.269. The van der Waals surface area contributed by atoms with Gasteiger partial charge in [0.15, 0.2) is 5.65 Å². The van der Waals surface area contributed by atoms with Gasteiger partial charge in [-0.2, -0.15) is 5.10 Å². The molecule has 0 unspecified atom stereocenters. The fourth-order valence-corrected chi connectivity index (χ4v) is 4.54. The first-order valence-corrected chi connectivity index (χ1v) is 11.9. The van der Waals surface area contributed by atoms with Crippen molar-refractivity contribution in [3.63, 3.8) is 0 Å². The summed E-state index contributed by atoms with van der Waals surface area (Å²) in [5, 5.41) is 6.14. The Morgan fingerprint density at radius 2 is 1.94 bits per heavy atom. The zero-order valence-corrected chi connectivity index (χ0v) is 20.6. The number of rotatable bonds is 4. The SMILES string of the molecule is CC#CC(=O)N1C[C@@H](n2nc(-c3ccc(Oc4ccc(Cl)cn4)cc3)c3c(N)ncnc32)CC[C@H]1C. The van der Waals surface area contributed by atoms with Crippen LogP contribution >= 0.6 is 11.6 Å². The second-order valence-corrected chi connectivity index (χ2v) is 9.04. The molecule has 36 heavy (non-hydrogen) atoms. The maximum atomic E-state index is 12.6. The molecule has 0 radical (unpaired) electrons. The second-order valence-electron chi connectivity index (χ2n) is 8.60. The number of aromatic nitrogens is 5. The van der Waals surface area contributed by atoms with Crippen molar-refractivity contribution < 1.29 is 9.53 Å². The number of nitrogens with two attached hydrogens (primary N) is 1. The number of carbonyl (C=O) groups is 1. The number of amides is 1. The molecule has 5 rings (SSSR count). The van der Waals surface area contributed by atoms with Crippen molar-refractivity contribution in [1.29, 1.82) is 0 Å². The van der Waals surface area contributed by atoms with E-state index in [1.807, 2.05) is 35.9 Å². The molecule has 3 aromatic heterocycles. The molecule has 4 heterocycles. The monoisotopic (exact) mass is 501 g/mol. The first-order valence-electron chi connectivity index (χ1n) is 11.6.